The van der Waals surface area contributed by atoms with E-state index in [0.717, 1.165) is 29.7 Å². The van der Waals surface area contributed by atoms with E-state index in [0.29, 0.717) is 6.54 Å². The van der Waals surface area contributed by atoms with E-state index in [9.17, 15) is 10.2 Å². The minimum absolute atomic E-state index is 0.268. The summed E-state index contributed by atoms with van der Waals surface area (Å²) >= 11 is 0. The summed E-state index contributed by atoms with van der Waals surface area (Å²) in [7, 11) is 1.80. The van der Waals surface area contributed by atoms with Crippen LogP contribution in [0, 0.1) is 0 Å². The number of phenolic OH excluding ortho intramolecular Hbond substituents is 1. The summed E-state index contributed by atoms with van der Waals surface area (Å²) in [5, 5.41) is 22.1. The van der Waals surface area contributed by atoms with Gasteiger partial charge in [0.1, 0.15) is 24.2 Å². The van der Waals surface area contributed by atoms with E-state index in [1.165, 1.54) is 0 Å². The standard InChI is InChI=1S/C18H23NO3/c1-19-12-17(21)13-22-18-8-3-2-6-15(18)10-9-14-5-4-7-16(20)11-14/h2-8,11,17,19-21H,9-10,12-13H2,1H3/t17-/m0/s1. The molecule has 0 unspecified atom stereocenters. The van der Waals surface area contributed by atoms with E-state index in [2.05, 4.69) is 5.32 Å². The van der Waals surface area contributed by atoms with Gasteiger partial charge in [-0.25, -0.2) is 0 Å². The van der Waals surface area contributed by atoms with Crippen molar-refractivity contribution in [1.82, 2.24) is 5.32 Å². The quantitative estimate of drug-likeness (QED) is 0.699. The molecule has 0 aromatic heterocycles. The van der Waals surface area contributed by atoms with Crippen LogP contribution in [-0.4, -0.2) is 36.5 Å². The molecule has 2 aromatic carbocycles. The molecule has 0 heterocycles. The molecule has 0 amide bonds. The van der Waals surface area contributed by atoms with Gasteiger partial charge < -0.3 is 20.3 Å². The molecule has 118 valence electrons. The molecule has 2 aromatic rings. The number of likely N-dealkylation sites (N-methyl/N-ethyl adjacent to an activating group) is 1. The number of ether oxygens (including phenoxy) is 1. The molecule has 0 bridgehead atoms. The van der Waals surface area contributed by atoms with Gasteiger partial charge in [-0.15, -0.1) is 0 Å². The predicted octanol–water partition coefficient (Wildman–Crippen LogP) is 2.14. The lowest BCUT2D eigenvalue weighted by Gasteiger charge is -2.15. The van der Waals surface area contributed by atoms with Crippen molar-refractivity contribution in [3.8, 4) is 11.5 Å². The molecule has 1 atom stereocenters. The summed E-state index contributed by atoms with van der Waals surface area (Å²) in [6, 6.07) is 15.2. The normalized spacial score (nSPS) is 12.1. The minimum atomic E-state index is -0.524. The lowest BCUT2D eigenvalue weighted by molar-refractivity contribution is 0.107. The van der Waals surface area contributed by atoms with Gasteiger partial charge >= 0.3 is 0 Å². The molecule has 0 radical (unpaired) electrons. The van der Waals surface area contributed by atoms with Crippen molar-refractivity contribution < 1.29 is 14.9 Å². The number of rotatable bonds is 8. The highest BCUT2D eigenvalue weighted by Crippen LogP contribution is 2.21. The molecule has 0 aliphatic carbocycles. The van der Waals surface area contributed by atoms with E-state index in [1.807, 2.05) is 36.4 Å². The van der Waals surface area contributed by atoms with Crippen LogP contribution in [0.3, 0.4) is 0 Å². The fourth-order valence-corrected chi connectivity index (χ4v) is 2.32. The lowest BCUT2D eigenvalue weighted by Crippen LogP contribution is -2.29. The second kappa shape index (κ2) is 8.41. The smallest absolute Gasteiger partial charge is 0.122 e. The molecule has 0 fully saturated rings. The maximum absolute atomic E-state index is 9.72. The van der Waals surface area contributed by atoms with E-state index in [4.69, 9.17) is 4.74 Å². The number of aryl methyl sites for hydroxylation is 2. The van der Waals surface area contributed by atoms with Gasteiger partial charge in [-0.3, -0.25) is 0 Å². The Balaban J connectivity index is 1.96. The van der Waals surface area contributed by atoms with Gasteiger partial charge in [-0.1, -0.05) is 30.3 Å². The molecular formula is C18H23NO3. The van der Waals surface area contributed by atoms with E-state index >= 15 is 0 Å². The maximum atomic E-state index is 9.72. The summed E-state index contributed by atoms with van der Waals surface area (Å²) < 4.78 is 5.72. The van der Waals surface area contributed by atoms with Crippen molar-refractivity contribution in [3.63, 3.8) is 0 Å². The van der Waals surface area contributed by atoms with Crippen molar-refractivity contribution in [3.05, 3.63) is 59.7 Å². The van der Waals surface area contributed by atoms with Crippen LogP contribution in [0.2, 0.25) is 0 Å². The Hall–Kier alpha value is -2.04. The number of hydrogen-bond donors (Lipinski definition) is 3. The first-order valence-corrected chi connectivity index (χ1v) is 7.50. The molecule has 0 aliphatic heterocycles. The van der Waals surface area contributed by atoms with Crippen LogP contribution < -0.4 is 10.1 Å². The Morgan fingerprint density at radius 3 is 2.68 bits per heavy atom. The Bertz CT molecular complexity index is 586. The molecule has 22 heavy (non-hydrogen) atoms. The van der Waals surface area contributed by atoms with Crippen LogP contribution in [0.25, 0.3) is 0 Å². The number of para-hydroxylation sites is 1. The van der Waals surface area contributed by atoms with Gasteiger partial charge in [0.2, 0.25) is 0 Å². The first kappa shape index (κ1) is 16.3. The third-order valence-corrected chi connectivity index (χ3v) is 3.44. The number of nitrogens with one attached hydrogen (secondary N) is 1. The maximum Gasteiger partial charge on any atom is 0.122 e. The number of benzene rings is 2. The Labute approximate surface area is 131 Å². The molecule has 0 saturated heterocycles. The number of aromatic hydroxyl groups is 1. The van der Waals surface area contributed by atoms with E-state index in [-0.39, 0.29) is 12.4 Å². The van der Waals surface area contributed by atoms with E-state index in [1.54, 1.807) is 19.2 Å². The summed E-state index contributed by atoms with van der Waals surface area (Å²) in [6.07, 6.45) is 1.12. The molecular weight excluding hydrogens is 278 g/mol. The number of aliphatic hydroxyl groups is 1. The first-order chi connectivity index (χ1) is 10.7. The van der Waals surface area contributed by atoms with Gasteiger partial charge in [-0.2, -0.15) is 0 Å². The molecule has 0 saturated carbocycles. The lowest BCUT2D eigenvalue weighted by atomic mass is 10.0. The fraction of sp³-hybridized carbons (Fsp3) is 0.333. The minimum Gasteiger partial charge on any atom is -0.508 e. The van der Waals surface area contributed by atoms with Crippen LogP contribution in [0.1, 0.15) is 11.1 Å². The summed E-state index contributed by atoms with van der Waals surface area (Å²) in [5.41, 5.74) is 2.19. The monoisotopic (exact) mass is 301 g/mol. The Morgan fingerprint density at radius 2 is 1.91 bits per heavy atom. The van der Waals surface area contributed by atoms with E-state index < -0.39 is 6.10 Å². The third kappa shape index (κ3) is 5.06. The second-order valence-corrected chi connectivity index (χ2v) is 5.30. The van der Waals surface area contributed by atoms with Crippen LogP contribution in [0.15, 0.2) is 48.5 Å². The molecule has 0 aliphatic rings. The Morgan fingerprint density at radius 1 is 1.09 bits per heavy atom. The number of phenols is 1. The second-order valence-electron chi connectivity index (χ2n) is 5.30. The molecule has 4 heteroatoms. The first-order valence-electron chi connectivity index (χ1n) is 7.50. The van der Waals surface area contributed by atoms with Crippen molar-refractivity contribution in [2.75, 3.05) is 20.2 Å². The van der Waals surface area contributed by atoms with Crippen molar-refractivity contribution in [1.29, 1.82) is 0 Å². The van der Waals surface area contributed by atoms with Crippen molar-refractivity contribution >= 4 is 0 Å². The molecule has 3 N–H and O–H groups in total. The predicted molar refractivity (Wildman–Crippen MR) is 87.4 cm³/mol. The summed E-state index contributed by atoms with van der Waals surface area (Å²) in [5.74, 6) is 1.09. The average Bonchev–Trinajstić information content (AvgIpc) is 2.52. The topological polar surface area (TPSA) is 61.7 Å². The highest BCUT2D eigenvalue weighted by atomic mass is 16.5. The molecule has 2 rings (SSSR count). The zero-order chi connectivity index (χ0) is 15.8. The number of hydrogen-bond acceptors (Lipinski definition) is 4. The van der Waals surface area contributed by atoms with Crippen LogP contribution in [0.5, 0.6) is 11.5 Å². The van der Waals surface area contributed by atoms with Crippen molar-refractivity contribution in [2.24, 2.45) is 0 Å². The zero-order valence-corrected chi connectivity index (χ0v) is 12.8. The SMILES string of the molecule is CNC[C@H](O)COc1ccccc1CCc1cccc(O)c1. The van der Waals surface area contributed by atoms with Gasteiger partial charge in [0.05, 0.1) is 0 Å². The third-order valence-electron chi connectivity index (χ3n) is 3.44. The van der Waals surface area contributed by atoms with Crippen molar-refractivity contribution in [2.45, 2.75) is 18.9 Å². The Kier molecular flexibility index (Phi) is 6.25. The van der Waals surface area contributed by atoms with Crippen LogP contribution in [-0.2, 0) is 12.8 Å². The van der Waals surface area contributed by atoms with Gasteiger partial charge in [0.25, 0.3) is 0 Å². The van der Waals surface area contributed by atoms with Crippen LogP contribution in [0.4, 0.5) is 0 Å². The number of aliphatic hydroxyl groups excluding tert-OH is 1. The van der Waals surface area contributed by atoms with Gasteiger partial charge in [0, 0.05) is 6.54 Å². The van der Waals surface area contributed by atoms with Gasteiger partial charge in [-0.05, 0) is 49.2 Å². The largest absolute Gasteiger partial charge is 0.508 e. The summed E-state index contributed by atoms with van der Waals surface area (Å²) in [4.78, 5) is 0. The summed E-state index contributed by atoms with van der Waals surface area (Å²) in [6.45, 7) is 0.773. The highest BCUT2D eigenvalue weighted by Gasteiger charge is 2.07. The zero-order valence-electron chi connectivity index (χ0n) is 12.8. The molecule has 4 nitrogen and oxygen atoms in total. The van der Waals surface area contributed by atoms with Gasteiger partial charge in [0.15, 0.2) is 0 Å². The highest BCUT2D eigenvalue weighted by molar-refractivity contribution is 5.35. The molecule has 0 spiro atoms. The fourth-order valence-electron chi connectivity index (χ4n) is 2.32. The van der Waals surface area contributed by atoms with Crippen LogP contribution >= 0.6 is 0 Å². The average molecular weight is 301 g/mol.